The van der Waals surface area contributed by atoms with Gasteiger partial charge in [-0.2, -0.15) is 5.10 Å². The lowest BCUT2D eigenvalue weighted by atomic mass is 9.74. The van der Waals surface area contributed by atoms with E-state index in [1.807, 2.05) is 18.7 Å². The van der Waals surface area contributed by atoms with Gasteiger partial charge in [-0.15, -0.1) is 0 Å². The van der Waals surface area contributed by atoms with Gasteiger partial charge < -0.3 is 5.11 Å². The first kappa shape index (κ1) is 16.0. The summed E-state index contributed by atoms with van der Waals surface area (Å²) in [4.78, 5) is 0. The number of aliphatic hydroxyl groups is 1. The lowest BCUT2D eigenvalue weighted by Gasteiger charge is -2.33. The maximum Gasteiger partial charge on any atom is 0.0738 e. The second kappa shape index (κ2) is 6.61. The highest BCUT2D eigenvalue weighted by molar-refractivity contribution is 9.10. The van der Waals surface area contributed by atoms with Crippen LogP contribution >= 0.6 is 15.9 Å². The molecule has 0 saturated heterocycles. The number of hydrogen-bond acceptors (Lipinski definition) is 2. The Morgan fingerprint density at radius 1 is 1.25 bits per heavy atom. The predicted molar refractivity (Wildman–Crippen MR) is 85.6 cm³/mol. The first-order valence-electron chi connectivity index (χ1n) is 7.76. The topological polar surface area (TPSA) is 38.0 Å². The lowest BCUT2D eigenvalue weighted by molar-refractivity contribution is 0.0660. The Hall–Kier alpha value is -0.350. The highest BCUT2D eigenvalue weighted by atomic mass is 79.9. The van der Waals surface area contributed by atoms with Crippen LogP contribution in [-0.2, 0) is 13.5 Å². The second-order valence-corrected chi connectivity index (χ2v) is 7.45. The number of aromatic nitrogens is 2. The van der Waals surface area contributed by atoms with Gasteiger partial charge in [0.05, 0.1) is 22.0 Å². The minimum atomic E-state index is -0.241. The monoisotopic (exact) mass is 342 g/mol. The van der Waals surface area contributed by atoms with Crippen LogP contribution in [0.4, 0.5) is 0 Å². The van der Waals surface area contributed by atoms with Gasteiger partial charge >= 0.3 is 0 Å². The van der Waals surface area contributed by atoms with Crippen molar-refractivity contribution in [1.82, 2.24) is 9.78 Å². The van der Waals surface area contributed by atoms with Gasteiger partial charge in [0.1, 0.15) is 0 Å². The molecule has 1 aliphatic rings. The molecule has 0 spiro atoms. The third kappa shape index (κ3) is 3.45. The Morgan fingerprint density at radius 2 is 1.80 bits per heavy atom. The number of halogens is 1. The van der Waals surface area contributed by atoms with Crippen molar-refractivity contribution in [1.29, 1.82) is 0 Å². The van der Waals surface area contributed by atoms with Crippen LogP contribution in [0.2, 0.25) is 0 Å². The molecule has 1 aromatic heterocycles. The molecule has 1 aliphatic carbocycles. The van der Waals surface area contributed by atoms with Crippen LogP contribution in [0.3, 0.4) is 0 Å². The second-order valence-electron chi connectivity index (χ2n) is 6.66. The van der Waals surface area contributed by atoms with Crippen LogP contribution < -0.4 is 0 Å². The number of rotatable bonds is 4. The summed E-state index contributed by atoms with van der Waals surface area (Å²) in [5, 5.41) is 15.0. The fourth-order valence-corrected chi connectivity index (χ4v) is 3.96. The van der Waals surface area contributed by atoms with E-state index in [0.29, 0.717) is 12.3 Å². The summed E-state index contributed by atoms with van der Waals surface area (Å²) in [6.07, 6.45) is 5.33. The molecule has 0 aromatic carbocycles. The molecule has 114 valence electrons. The highest BCUT2D eigenvalue weighted by Crippen LogP contribution is 2.36. The van der Waals surface area contributed by atoms with Crippen LogP contribution in [0.5, 0.6) is 0 Å². The van der Waals surface area contributed by atoms with E-state index in [4.69, 9.17) is 0 Å². The Bertz CT molecular complexity index is 448. The molecule has 1 N–H and O–H groups in total. The summed E-state index contributed by atoms with van der Waals surface area (Å²) in [5.41, 5.74) is 2.11. The van der Waals surface area contributed by atoms with E-state index in [0.717, 1.165) is 27.7 Å². The molecule has 0 aliphatic heterocycles. The van der Waals surface area contributed by atoms with E-state index in [1.165, 1.54) is 25.7 Å². The minimum Gasteiger partial charge on any atom is -0.392 e. The Labute approximate surface area is 130 Å². The molecule has 20 heavy (non-hydrogen) atoms. The van der Waals surface area contributed by atoms with Crippen LogP contribution in [0.25, 0.3) is 0 Å². The van der Waals surface area contributed by atoms with E-state index in [2.05, 4.69) is 34.9 Å². The Balaban J connectivity index is 1.94. The molecule has 1 saturated carbocycles. The average Bonchev–Trinajstić information content (AvgIpc) is 2.65. The summed E-state index contributed by atoms with van der Waals surface area (Å²) in [6.45, 7) is 6.63. The Morgan fingerprint density at radius 3 is 2.25 bits per heavy atom. The normalized spacial score (nSPS) is 25.1. The molecule has 0 radical (unpaired) electrons. The summed E-state index contributed by atoms with van der Waals surface area (Å²) in [5.74, 6) is 2.08. The molecule has 1 fully saturated rings. The zero-order valence-electron chi connectivity index (χ0n) is 13.1. The van der Waals surface area contributed by atoms with Gasteiger partial charge in [-0.25, -0.2) is 0 Å². The largest absolute Gasteiger partial charge is 0.392 e. The molecule has 4 heteroatoms. The quantitative estimate of drug-likeness (QED) is 0.902. The fraction of sp³-hybridized carbons (Fsp3) is 0.812. The first-order valence-corrected chi connectivity index (χ1v) is 8.55. The summed E-state index contributed by atoms with van der Waals surface area (Å²) in [7, 11) is 1.95. The van der Waals surface area contributed by atoms with Gasteiger partial charge in [0, 0.05) is 13.5 Å². The third-order valence-electron chi connectivity index (χ3n) is 4.97. The zero-order chi connectivity index (χ0) is 14.9. The molecule has 1 unspecified atom stereocenters. The molecule has 1 atom stereocenters. The summed E-state index contributed by atoms with van der Waals surface area (Å²) < 4.78 is 2.94. The fourth-order valence-electron chi connectivity index (χ4n) is 3.46. The van der Waals surface area contributed by atoms with Gasteiger partial charge in [-0.05, 0) is 66.3 Å². The van der Waals surface area contributed by atoms with E-state index in [9.17, 15) is 5.11 Å². The van der Waals surface area contributed by atoms with E-state index >= 15 is 0 Å². The van der Waals surface area contributed by atoms with Crippen molar-refractivity contribution in [2.45, 2.75) is 59.0 Å². The minimum absolute atomic E-state index is 0.241. The zero-order valence-corrected chi connectivity index (χ0v) is 14.7. The van der Waals surface area contributed by atoms with Gasteiger partial charge in [-0.1, -0.05) is 13.8 Å². The van der Waals surface area contributed by atoms with Crippen molar-refractivity contribution in [3.05, 3.63) is 15.9 Å². The molecule has 1 heterocycles. The highest BCUT2D eigenvalue weighted by Gasteiger charge is 2.29. The Kier molecular flexibility index (Phi) is 5.30. The number of aryl methyl sites for hydroxylation is 2. The van der Waals surface area contributed by atoms with E-state index in [1.54, 1.807) is 0 Å². The van der Waals surface area contributed by atoms with Gasteiger partial charge in [0.15, 0.2) is 0 Å². The van der Waals surface area contributed by atoms with Crippen LogP contribution in [0, 0.1) is 24.7 Å². The van der Waals surface area contributed by atoms with Crippen LogP contribution in [-0.4, -0.2) is 21.0 Å². The van der Waals surface area contributed by atoms with Crippen molar-refractivity contribution in [3.63, 3.8) is 0 Å². The van der Waals surface area contributed by atoms with Crippen molar-refractivity contribution < 1.29 is 5.11 Å². The number of hydrogen-bond donors (Lipinski definition) is 1. The SMILES string of the molecule is Cc1nn(C)c(CC(O)C2CCC(C(C)C)CC2)c1Br. The smallest absolute Gasteiger partial charge is 0.0738 e. The first-order chi connectivity index (χ1) is 9.40. The molecule has 0 amide bonds. The standard InChI is InChI=1S/C16H27BrN2O/c1-10(2)12-5-7-13(8-6-12)15(20)9-14-16(17)11(3)18-19(14)4/h10,12-13,15,20H,5-9H2,1-4H3. The van der Waals surface area contributed by atoms with Crippen molar-refractivity contribution in [3.8, 4) is 0 Å². The van der Waals surface area contributed by atoms with Crippen LogP contribution in [0.15, 0.2) is 4.47 Å². The maximum absolute atomic E-state index is 10.5. The molecular weight excluding hydrogens is 316 g/mol. The average molecular weight is 343 g/mol. The van der Waals surface area contributed by atoms with Gasteiger partial charge in [-0.3, -0.25) is 4.68 Å². The van der Waals surface area contributed by atoms with Crippen molar-refractivity contribution in [2.24, 2.45) is 24.8 Å². The van der Waals surface area contributed by atoms with E-state index in [-0.39, 0.29) is 6.10 Å². The molecule has 3 nitrogen and oxygen atoms in total. The molecule has 0 bridgehead atoms. The maximum atomic E-state index is 10.5. The predicted octanol–water partition coefficient (Wildman–Crippen LogP) is 3.86. The lowest BCUT2D eigenvalue weighted by Crippen LogP contribution is -2.29. The summed E-state index contributed by atoms with van der Waals surface area (Å²) >= 11 is 3.59. The number of aliphatic hydroxyl groups excluding tert-OH is 1. The van der Waals surface area contributed by atoms with Crippen molar-refractivity contribution >= 4 is 15.9 Å². The van der Waals surface area contributed by atoms with Crippen LogP contribution in [0.1, 0.15) is 50.9 Å². The summed E-state index contributed by atoms with van der Waals surface area (Å²) in [6, 6.07) is 0. The van der Waals surface area contributed by atoms with Gasteiger partial charge in [0.2, 0.25) is 0 Å². The van der Waals surface area contributed by atoms with E-state index < -0.39 is 0 Å². The molecule has 1 aromatic rings. The molecular formula is C16H27BrN2O. The van der Waals surface area contributed by atoms with Gasteiger partial charge in [0.25, 0.3) is 0 Å². The molecule has 2 rings (SSSR count). The third-order valence-corrected chi connectivity index (χ3v) is 6.00. The van der Waals surface area contributed by atoms with Crippen molar-refractivity contribution in [2.75, 3.05) is 0 Å². The number of nitrogens with zero attached hydrogens (tertiary/aromatic N) is 2.